The molecular formula is C19H26ClNO4. The standard InChI is InChI=1S/C19H26ClNO4/c1-18(2,3)25-15(23)6-9-21-10-7-19(8-11-21)12-24-17-13(19)4-5-14(22)16(17)20/h4-5,22H,6-12H2,1-3H3. The Hall–Kier alpha value is -1.46. The first kappa shape index (κ1) is 18.3. The summed E-state index contributed by atoms with van der Waals surface area (Å²) in [5.74, 6) is 0.542. The van der Waals surface area contributed by atoms with Gasteiger partial charge in [-0.1, -0.05) is 17.7 Å². The lowest BCUT2D eigenvalue weighted by atomic mass is 9.74. The minimum Gasteiger partial charge on any atom is -0.506 e. The molecule has 1 spiro atoms. The molecule has 1 saturated heterocycles. The van der Waals surface area contributed by atoms with Gasteiger partial charge < -0.3 is 19.5 Å². The Labute approximate surface area is 153 Å². The first-order chi connectivity index (χ1) is 11.7. The van der Waals surface area contributed by atoms with Crippen LogP contribution in [0.15, 0.2) is 12.1 Å². The highest BCUT2D eigenvalue weighted by molar-refractivity contribution is 6.33. The van der Waals surface area contributed by atoms with Crippen molar-refractivity contribution in [3.05, 3.63) is 22.7 Å². The molecule has 0 atom stereocenters. The summed E-state index contributed by atoms with van der Waals surface area (Å²) in [5, 5.41) is 10.1. The summed E-state index contributed by atoms with van der Waals surface area (Å²) < 4.78 is 11.2. The molecule has 138 valence electrons. The average molecular weight is 368 g/mol. The summed E-state index contributed by atoms with van der Waals surface area (Å²) in [4.78, 5) is 14.2. The van der Waals surface area contributed by atoms with Crippen LogP contribution in [0.5, 0.6) is 11.5 Å². The molecule has 2 aliphatic heterocycles. The number of benzene rings is 1. The minimum absolute atomic E-state index is 0.0326. The third-order valence-electron chi connectivity index (χ3n) is 5.01. The zero-order valence-electron chi connectivity index (χ0n) is 15.1. The number of halogens is 1. The van der Waals surface area contributed by atoms with E-state index in [0.717, 1.165) is 38.0 Å². The van der Waals surface area contributed by atoms with Gasteiger partial charge in [-0.25, -0.2) is 0 Å². The number of aromatic hydroxyl groups is 1. The third-order valence-corrected chi connectivity index (χ3v) is 5.37. The first-order valence-corrected chi connectivity index (χ1v) is 9.17. The van der Waals surface area contributed by atoms with E-state index < -0.39 is 5.60 Å². The van der Waals surface area contributed by atoms with Crippen LogP contribution in [0.1, 0.15) is 45.6 Å². The van der Waals surface area contributed by atoms with Crippen molar-refractivity contribution < 1.29 is 19.4 Å². The van der Waals surface area contributed by atoms with Crippen LogP contribution in [0, 0.1) is 0 Å². The number of fused-ring (bicyclic) bond motifs is 2. The van der Waals surface area contributed by atoms with E-state index in [0.29, 0.717) is 23.8 Å². The molecule has 1 fully saturated rings. The zero-order chi connectivity index (χ0) is 18.2. The largest absolute Gasteiger partial charge is 0.506 e. The van der Waals surface area contributed by atoms with Crippen LogP contribution in [0.4, 0.5) is 0 Å². The summed E-state index contributed by atoms with van der Waals surface area (Å²) in [6.45, 7) is 8.79. The van der Waals surface area contributed by atoms with Gasteiger partial charge in [-0.05, 0) is 52.8 Å². The molecular weight excluding hydrogens is 342 g/mol. The van der Waals surface area contributed by atoms with Gasteiger partial charge in [0.2, 0.25) is 0 Å². The molecule has 0 bridgehead atoms. The smallest absolute Gasteiger partial charge is 0.307 e. The number of phenolic OH excluding ortho intramolecular Hbond substituents is 1. The minimum atomic E-state index is -0.432. The predicted molar refractivity (Wildman–Crippen MR) is 96.4 cm³/mol. The Kier molecular flexibility index (Phi) is 4.91. The molecule has 0 aliphatic carbocycles. The number of carbonyl (C=O) groups is 1. The normalized spacial score (nSPS) is 19.5. The Morgan fingerprint density at radius 1 is 1.36 bits per heavy atom. The summed E-state index contributed by atoms with van der Waals surface area (Å²) in [5.41, 5.74) is 0.635. The van der Waals surface area contributed by atoms with Crippen LogP contribution in [-0.4, -0.2) is 47.8 Å². The molecule has 6 heteroatoms. The van der Waals surface area contributed by atoms with E-state index in [4.69, 9.17) is 21.1 Å². The molecule has 0 amide bonds. The number of esters is 1. The molecule has 25 heavy (non-hydrogen) atoms. The van der Waals surface area contributed by atoms with Crippen LogP contribution in [0.25, 0.3) is 0 Å². The van der Waals surface area contributed by atoms with E-state index in [1.165, 1.54) is 0 Å². The lowest BCUT2D eigenvalue weighted by Gasteiger charge is -2.38. The molecule has 5 nitrogen and oxygen atoms in total. The first-order valence-electron chi connectivity index (χ1n) is 8.79. The van der Waals surface area contributed by atoms with Gasteiger partial charge in [-0.3, -0.25) is 4.79 Å². The van der Waals surface area contributed by atoms with Crippen molar-refractivity contribution in [3.63, 3.8) is 0 Å². The number of ether oxygens (including phenoxy) is 2. The Bertz CT molecular complexity index is 660. The molecule has 3 rings (SSSR count). The van der Waals surface area contributed by atoms with Crippen molar-refractivity contribution in [1.82, 2.24) is 4.90 Å². The molecule has 0 unspecified atom stereocenters. The second-order valence-electron chi connectivity index (χ2n) is 8.02. The fourth-order valence-electron chi connectivity index (χ4n) is 3.65. The van der Waals surface area contributed by atoms with Gasteiger partial charge in [-0.15, -0.1) is 0 Å². The summed E-state index contributed by atoms with van der Waals surface area (Å²) in [6, 6.07) is 3.58. The molecule has 0 aromatic heterocycles. The van der Waals surface area contributed by atoms with Crippen LogP contribution in [0.2, 0.25) is 5.02 Å². The van der Waals surface area contributed by atoms with Crippen molar-refractivity contribution in [1.29, 1.82) is 0 Å². The number of phenols is 1. The van der Waals surface area contributed by atoms with Gasteiger partial charge in [0, 0.05) is 17.5 Å². The average Bonchev–Trinajstić information content (AvgIpc) is 2.88. The quantitative estimate of drug-likeness (QED) is 0.828. The summed E-state index contributed by atoms with van der Waals surface area (Å²) >= 11 is 6.17. The predicted octanol–water partition coefficient (Wildman–Crippen LogP) is 3.50. The van der Waals surface area contributed by atoms with Crippen LogP contribution in [-0.2, 0) is 14.9 Å². The maximum atomic E-state index is 11.9. The van der Waals surface area contributed by atoms with Crippen molar-refractivity contribution in [2.45, 2.75) is 51.0 Å². The maximum absolute atomic E-state index is 11.9. The number of hydrogen-bond acceptors (Lipinski definition) is 5. The van der Waals surface area contributed by atoms with Gasteiger partial charge in [0.25, 0.3) is 0 Å². The number of piperidine rings is 1. The van der Waals surface area contributed by atoms with Gasteiger partial charge in [0.1, 0.15) is 22.1 Å². The van der Waals surface area contributed by atoms with Crippen LogP contribution < -0.4 is 4.74 Å². The summed E-state index contributed by atoms with van der Waals surface area (Å²) in [7, 11) is 0. The van der Waals surface area contributed by atoms with Gasteiger partial charge in [-0.2, -0.15) is 0 Å². The molecule has 0 saturated carbocycles. The SMILES string of the molecule is CC(C)(C)OC(=O)CCN1CCC2(CC1)COc1c2ccc(O)c1Cl. The molecule has 2 heterocycles. The highest BCUT2D eigenvalue weighted by Crippen LogP contribution is 2.50. The van der Waals surface area contributed by atoms with E-state index >= 15 is 0 Å². The van der Waals surface area contributed by atoms with E-state index in [9.17, 15) is 9.90 Å². The zero-order valence-corrected chi connectivity index (χ0v) is 15.9. The van der Waals surface area contributed by atoms with E-state index in [-0.39, 0.29) is 17.1 Å². The molecule has 1 N–H and O–H groups in total. The Balaban J connectivity index is 1.57. The van der Waals surface area contributed by atoms with Crippen LogP contribution in [0.3, 0.4) is 0 Å². The Morgan fingerprint density at radius 2 is 2.04 bits per heavy atom. The van der Waals surface area contributed by atoms with E-state index in [1.54, 1.807) is 6.07 Å². The highest BCUT2D eigenvalue weighted by atomic mass is 35.5. The fourth-order valence-corrected chi connectivity index (χ4v) is 3.87. The number of rotatable bonds is 3. The van der Waals surface area contributed by atoms with Crippen molar-refractivity contribution >= 4 is 17.6 Å². The molecule has 1 aromatic rings. The number of carbonyl (C=O) groups excluding carboxylic acids is 1. The lowest BCUT2D eigenvalue weighted by molar-refractivity contribution is -0.155. The third kappa shape index (κ3) is 3.87. The van der Waals surface area contributed by atoms with E-state index in [2.05, 4.69) is 4.90 Å². The monoisotopic (exact) mass is 367 g/mol. The van der Waals surface area contributed by atoms with E-state index in [1.807, 2.05) is 26.8 Å². The maximum Gasteiger partial charge on any atom is 0.307 e. The molecule has 0 radical (unpaired) electrons. The molecule has 1 aromatic carbocycles. The van der Waals surface area contributed by atoms with Gasteiger partial charge in [0.05, 0.1) is 13.0 Å². The second kappa shape index (κ2) is 6.69. The topological polar surface area (TPSA) is 59.0 Å². The number of nitrogens with zero attached hydrogens (tertiary/aromatic N) is 1. The van der Waals surface area contributed by atoms with Crippen molar-refractivity contribution in [2.24, 2.45) is 0 Å². The van der Waals surface area contributed by atoms with Gasteiger partial charge >= 0.3 is 5.97 Å². The van der Waals surface area contributed by atoms with Crippen molar-refractivity contribution in [2.75, 3.05) is 26.2 Å². The number of likely N-dealkylation sites (tertiary alicyclic amines) is 1. The Morgan fingerprint density at radius 3 is 2.68 bits per heavy atom. The second-order valence-corrected chi connectivity index (χ2v) is 8.40. The lowest BCUT2D eigenvalue weighted by Crippen LogP contribution is -2.44. The van der Waals surface area contributed by atoms with Crippen molar-refractivity contribution in [3.8, 4) is 11.5 Å². The molecule has 2 aliphatic rings. The highest BCUT2D eigenvalue weighted by Gasteiger charge is 2.44. The van der Waals surface area contributed by atoms with Crippen LogP contribution >= 0.6 is 11.6 Å². The fraction of sp³-hybridized carbons (Fsp3) is 0.632. The van der Waals surface area contributed by atoms with Gasteiger partial charge in [0.15, 0.2) is 0 Å². The summed E-state index contributed by atoms with van der Waals surface area (Å²) in [6.07, 6.45) is 2.32. The number of hydrogen-bond donors (Lipinski definition) is 1.